The first kappa shape index (κ1) is 11.7. The second-order valence-electron chi connectivity index (χ2n) is 3.83. The predicted octanol–water partition coefficient (Wildman–Crippen LogP) is 1.29. The fourth-order valence-electron chi connectivity index (χ4n) is 1.55. The Bertz CT molecular complexity index is 363. The van der Waals surface area contributed by atoms with Crippen LogP contribution >= 0.6 is 11.3 Å². The summed E-state index contributed by atoms with van der Waals surface area (Å²) in [6.45, 7) is 5.44. The average Bonchev–Trinajstić information content (AvgIpc) is 2.59. The van der Waals surface area contributed by atoms with Gasteiger partial charge in [-0.25, -0.2) is 4.98 Å². The van der Waals surface area contributed by atoms with Gasteiger partial charge in [-0.3, -0.25) is 4.79 Å². The molecule has 0 aromatic carbocycles. The van der Waals surface area contributed by atoms with E-state index in [0.29, 0.717) is 26.2 Å². The second-order valence-corrected chi connectivity index (χ2v) is 5.11. The molecule has 1 aromatic rings. The van der Waals surface area contributed by atoms with Gasteiger partial charge in [-0.2, -0.15) is 0 Å². The molecule has 4 nitrogen and oxygen atoms in total. The third kappa shape index (κ3) is 2.66. The molecular weight excluding hydrogens is 226 g/mol. The summed E-state index contributed by atoms with van der Waals surface area (Å²) in [5.41, 5.74) is 1.01. The molecule has 5 heteroatoms. The number of thiazole rings is 1. The molecule has 0 radical (unpaired) electrons. The number of nitrogens with zero attached hydrogens (tertiary/aromatic N) is 1. The second kappa shape index (κ2) is 5.03. The first-order valence-electron chi connectivity index (χ1n) is 5.32. The van der Waals surface area contributed by atoms with Gasteiger partial charge in [-0.1, -0.05) is 0 Å². The Morgan fingerprint density at radius 1 is 1.50 bits per heavy atom. The van der Waals surface area contributed by atoms with Crippen molar-refractivity contribution < 1.29 is 14.3 Å². The highest BCUT2D eigenvalue weighted by molar-refractivity contribution is 7.11. The van der Waals surface area contributed by atoms with E-state index in [-0.39, 0.29) is 5.78 Å². The predicted molar refractivity (Wildman–Crippen MR) is 60.9 cm³/mol. The van der Waals surface area contributed by atoms with Crippen molar-refractivity contribution in [3.8, 4) is 0 Å². The maximum absolute atomic E-state index is 11.8. The molecule has 1 atom stereocenters. The van der Waals surface area contributed by atoms with Gasteiger partial charge >= 0.3 is 0 Å². The molecule has 0 amide bonds. The van der Waals surface area contributed by atoms with Gasteiger partial charge in [0.1, 0.15) is 11.1 Å². The zero-order valence-corrected chi connectivity index (χ0v) is 10.3. The number of ether oxygens (including phenoxy) is 2. The Balaban J connectivity index is 1.95. The average molecular weight is 241 g/mol. The number of ketones is 1. The molecule has 1 aliphatic heterocycles. The highest BCUT2D eigenvalue weighted by Gasteiger charge is 2.23. The molecular formula is C11H15NO3S. The van der Waals surface area contributed by atoms with E-state index in [1.165, 1.54) is 4.88 Å². The lowest BCUT2D eigenvalue weighted by atomic mass is 10.2. The summed E-state index contributed by atoms with van der Waals surface area (Å²) in [6.07, 6.45) is -0.0498. The molecule has 2 rings (SSSR count). The first-order chi connectivity index (χ1) is 7.66. The van der Waals surface area contributed by atoms with Crippen molar-refractivity contribution in [3.05, 3.63) is 15.6 Å². The Hall–Kier alpha value is -0.780. The fourth-order valence-corrected chi connectivity index (χ4v) is 2.50. The number of aryl methyl sites for hydroxylation is 2. The van der Waals surface area contributed by atoms with Crippen molar-refractivity contribution in [1.29, 1.82) is 0 Å². The molecule has 16 heavy (non-hydrogen) atoms. The third-order valence-corrected chi connectivity index (χ3v) is 3.65. The SMILES string of the molecule is Cc1nc(CC(=O)C2COCCO2)sc1C. The van der Waals surface area contributed by atoms with E-state index < -0.39 is 6.10 Å². The van der Waals surface area contributed by atoms with Crippen molar-refractivity contribution in [2.75, 3.05) is 19.8 Å². The summed E-state index contributed by atoms with van der Waals surface area (Å²) in [6, 6.07) is 0. The Morgan fingerprint density at radius 2 is 2.31 bits per heavy atom. The molecule has 0 N–H and O–H groups in total. The van der Waals surface area contributed by atoms with Crippen LogP contribution in [-0.4, -0.2) is 36.7 Å². The van der Waals surface area contributed by atoms with E-state index in [1.54, 1.807) is 11.3 Å². The summed E-state index contributed by atoms with van der Waals surface area (Å²) < 4.78 is 10.6. The van der Waals surface area contributed by atoms with Gasteiger partial charge < -0.3 is 9.47 Å². The Morgan fingerprint density at radius 3 is 2.88 bits per heavy atom. The molecule has 1 aromatic heterocycles. The smallest absolute Gasteiger partial charge is 0.170 e. The van der Waals surface area contributed by atoms with E-state index in [2.05, 4.69) is 4.98 Å². The monoisotopic (exact) mass is 241 g/mol. The van der Waals surface area contributed by atoms with Crippen LogP contribution in [0.2, 0.25) is 0 Å². The zero-order valence-electron chi connectivity index (χ0n) is 9.49. The molecule has 0 bridgehead atoms. The molecule has 0 aliphatic carbocycles. The van der Waals surface area contributed by atoms with Gasteiger partial charge in [-0.05, 0) is 13.8 Å². The minimum atomic E-state index is -0.404. The topological polar surface area (TPSA) is 48.4 Å². The minimum absolute atomic E-state index is 0.0634. The molecule has 0 spiro atoms. The lowest BCUT2D eigenvalue weighted by Crippen LogP contribution is -2.36. The normalized spacial score (nSPS) is 21.0. The maximum Gasteiger partial charge on any atom is 0.170 e. The molecule has 1 fully saturated rings. The highest BCUT2D eigenvalue weighted by Crippen LogP contribution is 2.18. The molecule has 2 heterocycles. The van der Waals surface area contributed by atoms with Crippen LogP contribution in [0.1, 0.15) is 15.6 Å². The van der Waals surface area contributed by atoms with Crippen molar-refractivity contribution in [1.82, 2.24) is 4.98 Å². The van der Waals surface area contributed by atoms with Crippen LogP contribution in [0, 0.1) is 13.8 Å². The van der Waals surface area contributed by atoms with Gasteiger partial charge in [0.15, 0.2) is 5.78 Å². The highest BCUT2D eigenvalue weighted by atomic mass is 32.1. The van der Waals surface area contributed by atoms with Crippen LogP contribution in [0.4, 0.5) is 0 Å². The van der Waals surface area contributed by atoms with Gasteiger partial charge in [0.2, 0.25) is 0 Å². The Kier molecular flexibility index (Phi) is 3.68. The molecule has 1 saturated heterocycles. The summed E-state index contributed by atoms with van der Waals surface area (Å²) in [4.78, 5) is 17.4. The number of hydrogen-bond acceptors (Lipinski definition) is 5. The summed E-state index contributed by atoms with van der Waals surface area (Å²) in [5.74, 6) is 0.0634. The van der Waals surface area contributed by atoms with E-state index in [1.807, 2.05) is 13.8 Å². The van der Waals surface area contributed by atoms with Crippen molar-refractivity contribution in [2.45, 2.75) is 26.4 Å². The maximum atomic E-state index is 11.8. The fraction of sp³-hybridized carbons (Fsp3) is 0.636. The van der Waals surface area contributed by atoms with Crippen LogP contribution in [-0.2, 0) is 20.7 Å². The van der Waals surface area contributed by atoms with Crippen LogP contribution in [0.5, 0.6) is 0 Å². The summed E-state index contributed by atoms with van der Waals surface area (Å²) in [7, 11) is 0. The van der Waals surface area contributed by atoms with Crippen LogP contribution in [0.3, 0.4) is 0 Å². The van der Waals surface area contributed by atoms with E-state index in [9.17, 15) is 4.79 Å². The number of aromatic nitrogens is 1. The van der Waals surface area contributed by atoms with Gasteiger partial charge in [-0.15, -0.1) is 11.3 Å². The van der Waals surface area contributed by atoms with E-state index >= 15 is 0 Å². The standard InChI is InChI=1S/C11H15NO3S/c1-7-8(2)16-11(12-7)5-9(13)10-6-14-3-4-15-10/h10H,3-6H2,1-2H3. The number of carbonyl (C=O) groups is 1. The number of rotatable bonds is 3. The van der Waals surface area contributed by atoms with E-state index in [0.717, 1.165) is 10.7 Å². The molecule has 0 saturated carbocycles. The van der Waals surface area contributed by atoms with Crippen molar-refractivity contribution >= 4 is 17.1 Å². The third-order valence-electron chi connectivity index (χ3n) is 2.57. The van der Waals surface area contributed by atoms with Crippen LogP contribution in [0.15, 0.2) is 0 Å². The number of Topliss-reactive ketones (excluding diaryl/α,β-unsaturated/α-hetero) is 1. The van der Waals surface area contributed by atoms with Crippen LogP contribution in [0.25, 0.3) is 0 Å². The molecule has 88 valence electrons. The summed E-state index contributed by atoms with van der Waals surface area (Å²) >= 11 is 1.58. The van der Waals surface area contributed by atoms with Crippen LogP contribution < -0.4 is 0 Å². The minimum Gasteiger partial charge on any atom is -0.376 e. The van der Waals surface area contributed by atoms with Crippen molar-refractivity contribution in [2.24, 2.45) is 0 Å². The lowest BCUT2D eigenvalue weighted by Gasteiger charge is -2.21. The van der Waals surface area contributed by atoms with Gasteiger partial charge in [0.25, 0.3) is 0 Å². The first-order valence-corrected chi connectivity index (χ1v) is 6.13. The number of hydrogen-bond donors (Lipinski definition) is 0. The molecule has 1 unspecified atom stereocenters. The largest absolute Gasteiger partial charge is 0.376 e. The number of carbonyl (C=O) groups excluding carboxylic acids is 1. The van der Waals surface area contributed by atoms with Gasteiger partial charge in [0.05, 0.1) is 31.9 Å². The van der Waals surface area contributed by atoms with E-state index in [4.69, 9.17) is 9.47 Å². The summed E-state index contributed by atoms with van der Waals surface area (Å²) in [5, 5.41) is 0.870. The van der Waals surface area contributed by atoms with Gasteiger partial charge in [0, 0.05) is 4.88 Å². The zero-order chi connectivity index (χ0) is 11.5. The quantitative estimate of drug-likeness (QED) is 0.800. The van der Waals surface area contributed by atoms with Crippen molar-refractivity contribution in [3.63, 3.8) is 0 Å². The lowest BCUT2D eigenvalue weighted by molar-refractivity contribution is -0.144. The Labute approximate surface area is 98.6 Å². The molecule has 1 aliphatic rings.